The van der Waals surface area contributed by atoms with E-state index in [0.717, 1.165) is 28.8 Å². The Morgan fingerprint density at radius 3 is 2.43 bits per heavy atom. The summed E-state index contributed by atoms with van der Waals surface area (Å²) in [6, 6.07) is 17.9. The fourth-order valence-corrected chi connectivity index (χ4v) is 5.23. The summed E-state index contributed by atoms with van der Waals surface area (Å²) in [5, 5.41) is 0. The first-order valence-corrected chi connectivity index (χ1v) is 12.9. The molecule has 1 amide bonds. The molecule has 0 radical (unpaired) electrons. The van der Waals surface area contributed by atoms with Gasteiger partial charge in [0.2, 0.25) is 5.91 Å². The summed E-state index contributed by atoms with van der Waals surface area (Å²) in [4.78, 5) is 15.1. The summed E-state index contributed by atoms with van der Waals surface area (Å²) in [6.45, 7) is 0.461. The highest BCUT2D eigenvalue weighted by Crippen LogP contribution is 2.39. The van der Waals surface area contributed by atoms with Gasteiger partial charge in [0.1, 0.15) is 12.4 Å². The molecule has 0 aromatic heterocycles. The Morgan fingerprint density at radius 2 is 1.73 bits per heavy atom. The highest BCUT2D eigenvalue weighted by molar-refractivity contribution is 7.99. The van der Waals surface area contributed by atoms with E-state index >= 15 is 0 Å². The van der Waals surface area contributed by atoms with E-state index in [1.165, 1.54) is 31.0 Å². The van der Waals surface area contributed by atoms with Crippen LogP contribution in [0.2, 0.25) is 0 Å². The molecule has 0 saturated carbocycles. The Kier molecular flexibility index (Phi) is 8.53. The number of hydrogen-bond acceptors (Lipinski definition) is 5. The second-order valence-electron chi connectivity index (χ2n) is 8.57. The van der Waals surface area contributed by atoms with Crippen LogP contribution in [0.3, 0.4) is 0 Å². The largest absolute Gasteiger partial charge is 0.493 e. The van der Waals surface area contributed by atoms with E-state index in [2.05, 4.69) is 0 Å². The van der Waals surface area contributed by atoms with Crippen molar-refractivity contribution in [3.8, 4) is 17.2 Å². The summed E-state index contributed by atoms with van der Waals surface area (Å²) in [5.74, 6) is 2.10. The number of alkyl halides is 3. The zero-order valence-electron chi connectivity index (χ0n) is 20.6. The Bertz CT molecular complexity index is 1220. The van der Waals surface area contributed by atoms with E-state index in [0.29, 0.717) is 30.2 Å². The van der Waals surface area contributed by atoms with E-state index in [1.54, 1.807) is 12.0 Å². The van der Waals surface area contributed by atoms with Gasteiger partial charge in [-0.25, -0.2) is 0 Å². The minimum atomic E-state index is -4.47. The van der Waals surface area contributed by atoms with Crippen molar-refractivity contribution < 1.29 is 32.2 Å². The van der Waals surface area contributed by atoms with Crippen molar-refractivity contribution >= 4 is 17.7 Å². The SMILES string of the molecule is COc1cc2c(cc1OC)C(COc1cccc(C(F)(F)F)c1)N(C(=O)CSCc1ccccc1)CC2. The van der Waals surface area contributed by atoms with E-state index in [-0.39, 0.29) is 24.0 Å². The number of fused-ring (bicyclic) bond motifs is 1. The molecule has 4 rings (SSSR count). The molecule has 196 valence electrons. The molecule has 0 fully saturated rings. The number of nitrogens with zero attached hydrogens (tertiary/aromatic N) is 1. The molecular formula is C28H28F3NO4S. The van der Waals surface area contributed by atoms with Gasteiger partial charge in [0.25, 0.3) is 0 Å². The number of halogens is 3. The lowest BCUT2D eigenvalue weighted by molar-refractivity contribution is -0.137. The van der Waals surface area contributed by atoms with Crippen molar-refractivity contribution in [2.24, 2.45) is 0 Å². The standard InChI is InChI=1S/C28H28F3NO4S/c1-34-25-13-20-11-12-32(27(33)18-37-17-19-7-4-3-5-8-19)24(23(20)15-26(25)35-2)16-36-22-10-6-9-21(14-22)28(29,30)31/h3-10,13-15,24H,11-12,16-18H2,1-2H3. The predicted octanol–water partition coefficient (Wildman–Crippen LogP) is 6.16. The third kappa shape index (κ3) is 6.52. The van der Waals surface area contributed by atoms with Crippen LogP contribution in [-0.4, -0.2) is 43.9 Å². The van der Waals surface area contributed by atoms with Crippen molar-refractivity contribution in [3.05, 3.63) is 89.0 Å². The number of amides is 1. The molecule has 5 nitrogen and oxygen atoms in total. The summed E-state index contributed by atoms with van der Waals surface area (Å²) < 4.78 is 56.3. The maximum atomic E-state index is 13.3. The van der Waals surface area contributed by atoms with Crippen LogP contribution < -0.4 is 14.2 Å². The zero-order chi connectivity index (χ0) is 26.4. The number of carbonyl (C=O) groups is 1. The molecule has 0 spiro atoms. The average Bonchev–Trinajstić information content (AvgIpc) is 2.91. The van der Waals surface area contributed by atoms with Crippen LogP contribution in [0.25, 0.3) is 0 Å². The second-order valence-corrected chi connectivity index (χ2v) is 9.56. The Hall–Kier alpha value is -3.33. The van der Waals surface area contributed by atoms with Gasteiger partial charge in [-0.05, 0) is 53.4 Å². The van der Waals surface area contributed by atoms with Crippen LogP contribution in [-0.2, 0) is 23.1 Å². The summed E-state index contributed by atoms with van der Waals surface area (Å²) >= 11 is 1.52. The van der Waals surface area contributed by atoms with E-state index in [4.69, 9.17) is 14.2 Å². The molecule has 1 heterocycles. The first kappa shape index (κ1) is 26.7. The first-order valence-electron chi connectivity index (χ1n) is 11.8. The van der Waals surface area contributed by atoms with Gasteiger partial charge in [-0.1, -0.05) is 36.4 Å². The van der Waals surface area contributed by atoms with Gasteiger partial charge in [0, 0.05) is 12.3 Å². The highest BCUT2D eigenvalue weighted by Gasteiger charge is 2.34. The van der Waals surface area contributed by atoms with Gasteiger partial charge < -0.3 is 19.1 Å². The Labute approximate surface area is 218 Å². The molecule has 1 unspecified atom stereocenters. The van der Waals surface area contributed by atoms with Crippen LogP contribution in [0, 0.1) is 0 Å². The maximum Gasteiger partial charge on any atom is 0.416 e. The maximum absolute atomic E-state index is 13.3. The third-order valence-electron chi connectivity index (χ3n) is 6.23. The first-order chi connectivity index (χ1) is 17.8. The normalized spacial score (nSPS) is 15.2. The lowest BCUT2D eigenvalue weighted by atomic mass is 9.92. The highest BCUT2D eigenvalue weighted by atomic mass is 32.2. The summed E-state index contributed by atoms with van der Waals surface area (Å²) in [6.07, 6.45) is -3.86. The molecule has 0 saturated heterocycles. The van der Waals surface area contributed by atoms with E-state index in [9.17, 15) is 18.0 Å². The number of rotatable bonds is 9. The third-order valence-corrected chi connectivity index (χ3v) is 7.22. The average molecular weight is 532 g/mol. The van der Waals surface area contributed by atoms with Crippen LogP contribution >= 0.6 is 11.8 Å². The topological polar surface area (TPSA) is 48.0 Å². The van der Waals surface area contributed by atoms with Gasteiger partial charge in [-0.3, -0.25) is 4.79 Å². The van der Waals surface area contributed by atoms with Crippen molar-refractivity contribution in [1.29, 1.82) is 0 Å². The van der Waals surface area contributed by atoms with Gasteiger partial charge in [0.15, 0.2) is 11.5 Å². The number of ether oxygens (including phenoxy) is 3. The Morgan fingerprint density at radius 1 is 1.00 bits per heavy atom. The van der Waals surface area contributed by atoms with Gasteiger partial charge in [0.05, 0.1) is 31.6 Å². The quantitative estimate of drug-likeness (QED) is 0.331. The molecule has 3 aromatic carbocycles. The van der Waals surface area contributed by atoms with Crippen molar-refractivity contribution in [3.63, 3.8) is 0 Å². The fraction of sp³-hybridized carbons (Fsp3) is 0.321. The molecular weight excluding hydrogens is 503 g/mol. The predicted molar refractivity (Wildman–Crippen MR) is 137 cm³/mol. The van der Waals surface area contributed by atoms with Gasteiger partial charge in [-0.15, -0.1) is 11.8 Å². The molecule has 9 heteroatoms. The van der Waals surface area contributed by atoms with E-state index < -0.39 is 17.8 Å². The number of benzene rings is 3. The van der Waals surface area contributed by atoms with Crippen molar-refractivity contribution in [1.82, 2.24) is 4.90 Å². The number of carbonyl (C=O) groups excluding carboxylic acids is 1. The molecule has 1 aliphatic heterocycles. The molecule has 37 heavy (non-hydrogen) atoms. The molecule has 1 aliphatic rings. The van der Waals surface area contributed by atoms with Crippen LogP contribution in [0.5, 0.6) is 17.2 Å². The molecule has 0 aliphatic carbocycles. The summed E-state index contributed by atoms with van der Waals surface area (Å²) in [7, 11) is 3.09. The van der Waals surface area contributed by atoms with Crippen LogP contribution in [0.1, 0.15) is 28.3 Å². The lowest BCUT2D eigenvalue weighted by Gasteiger charge is -2.37. The van der Waals surface area contributed by atoms with Crippen molar-refractivity contribution in [2.45, 2.75) is 24.4 Å². The molecule has 0 N–H and O–H groups in total. The van der Waals surface area contributed by atoms with Gasteiger partial charge >= 0.3 is 6.18 Å². The molecule has 1 atom stereocenters. The second kappa shape index (κ2) is 11.8. The van der Waals surface area contributed by atoms with E-state index in [1.807, 2.05) is 42.5 Å². The van der Waals surface area contributed by atoms with Gasteiger partial charge in [-0.2, -0.15) is 13.2 Å². The van der Waals surface area contributed by atoms with Crippen LogP contribution in [0.4, 0.5) is 13.2 Å². The Balaban J connectivity index is 1.56. The smallest absolute Gasteiger partial charge is 0.416 e. The zero-order valence-corrected chi connectivity index (χ0v) is 21.4. The number of hydrogen-bond donors (Lipinski definition) is 0. The summed E-state index contributed by atoms with van der Waals surface area (Å²) in [5.41, 5.74) is 2.16. The lowest BCUT2D eigenvalue weighted by Crippen LogP contribution is -2.43. The minimum Gasteiger partial charge on any atom is -0.493 e. The minimum absolute atomic E-state index is 0.00111. The fourth-order valence-electron chi connectivity index (χ4n) is 4.36. The monoisotopic (exact) mass is 531 g/mol. The van der Waals surface area contributed by atoms with Crippen LogP contribution in [0.15, 0.2) is 66.7 Å². The number of methoxy groups -OCH3 is 2. The molecule has 3 aromatic rings. The van der Waals surface area contributed by atoms with Crippen molar-refractivity contribution in [2.75, 3.05) is 33.1 Å². The molecule has 0 bridgehead atoms. The number of thioether (sulfide) groups is 1.